The summed E-state index contributed by atoms with van der Waals surface area (Å²) >= 11 is 0. The molecule has 0 saturated heterocycles. The van der Waals surface area contributed by atoms with Gasteiger partial charge in [-0.2, -0.15) is 0 Å². The Hall–Kier alpha value is -2.88. The molecule has 0 aliphatic heterocycles. The third kappa shape index (κ3) is 2.10. The molecular formula is C17H13NO3. The number of ether oxygens (including phenoxy) is 1. The van der Waals surface area contributed by atoms with Crippen molar-refractivity contribution in [3.05, 3.63) is 70.8 Å². The standard InChI is InChI=1S/C17H13NO3/c1-21-17-14-11-7-3-6-10-13(14)16(18(19)20)15(17)12-8-4-2-5-9-12/h2-11H,1H3. The van der Waals surface area contributed by atoms with E-state index in [0.29, 0.717) is 16.9 Å². The van der Waals surface area contributed by atoms with Crippen LogP contribution in [0.2, 0.25) is 0 Å². The molecule has 4 heteroatoms. The topological polar surface area (TPSA) is 52.4 Å². The first-order chi connectivity index (χ1) is 10.2. The molecule has 1 aromatic carbocycles. The Kier molecular flexibility index (Phi) is 3.28. The van der Waals surface area contributed by atoms with Crippen LogP contribution in [0.1, 0.15) is 0 Å². The number of benzene rings is 1. The third-order valence-electron chi connectivity index (χ3n) is 3.45. The lowest BCUT2D eigenvalue weighted by Crippen LogP contribution is -1.90. The van der Waals surface area contributed by atoms with Gasteiger partial charge in [0.1, 0.15) is 11.3 Å². The highest BCUT2D eigenvalue weighted by molar-refractivity contribution is 5.98. The lowest BCUT2D eigenvalue weighted by molar-refractivity contribution is -0.383. The van der Waals surface area contributed by atoms with E-state index >= 15 is 0 Å². The summed E-state index contributed by atoms with van der Waals surface area (Å²) in [6.07, 6.45) is 0. The van der Waals surface area contributed by atoms with Crippen molar-refractivity contribution in [2.45, 2.75) is 0 Å². The molecule has 0 saturated carbocycles. The highest BCUT2D eigenvalue weighted by atomic mass is 16.6. The predicted octanol–water partition coefficient (Wildman–Crippen LogP) is 4.38. The molecule has 2 aliphatic carbocycles. The van der Waals surface area contributed by atoms with Gasteiger partial charge in [0.25, 0.3) is 5.69 Å². The first-order valence-electron chi connectivity index (χ1n) is 6.52. The zero-order valence-corrected chi connectivity index (χ0v) is 11.4. The van der Waals surface area contributed by atoms with Crippen molar-refractivity contribution in [2.75, 3.05) is 7.11 Å². The third-order valence-corrected chi connectivity index (χ3v) is 3.45. The molecule has 0 heterocycles. The van der Waals surface area contributed by atoms with E-state index in [2.05, 4.69) is 0 Å². The smallest absolute Gasteiger partial charge is 0.288 e. The quantitative estimate of drug-likeness (QED) is 0.528. The fourth-order valence-corrected chi connectivity index (χ4v) is 2.60. The number of methoxy groups -OCH3 is 1. The van der Waals surface area contributed by atoms with Gasteiger partial charge in [-0.15, -0.1) is 0 Å². The summed E-state index contributed by atoms with van der Waals surface area (Å²) < 4.78 is 5.48. The van der Waals surface area contributed by atoms with Crippen molar-refractivity contribution >= 4 is 5.69 Å². The molecule has 0 fully saturated rings. The molecule has 3 rings (SSSR count). The zero-order chi connectivity index (χ0) is 14.8. The molecule has 2 aliphatic rings. The molecule has 1 aromatic rings. The van der Waals surface area contributed by atoms with Crippen LogP contribution in [-0.4, -0.2) is 12.0 Å². The average molecular weight is 279 g/mol. The van der Waals surface area contributed by atoms with Crippen molar-refractivity contribution in [1.82, 2.24) is 0 Å². The summed E-state index contributed by atoms with van der Waals surface area (Å²) in [5.74, 6) is 0.541. The van der Waals surface area contributed by atoms with E-state index < -0.39 is 0 Å². The van der Waals surface area contributed by atoms with Gasteiger partial charge in [0.2, 0.25) is 0 Å². The van der Waals surface area contributed by atoms with Crippen molar-refractivity contribution in [3.63, 3.8) is 0 Å². The fourth-order valence-electron chi connectivity index (χ4n) is 2.60. The molecule has 0 bridgehead atoms. The SMILES string of the molecule is COc1c2cccccc-2c([N+](=O)[O-])c1-c1ccccc1. The van der Waals surface area contributed by atoms with E-state index in [9.17, 15) is 10.1 Å². The second-order valence-corrected chi connectivity index (χ2v) is 4.62. The van der Waals surface area contributed by atoms with Crippen LogP contribution in [0.25, 0.3) is 22.3 Å². The minimum absolute atomic E-state index is 0.0873. The van der Waals surface area contributed by atoms with Gasteiger partial charge < -0.3 is 4.74 Å². The zero-order valence-electron chi connectivity index (χ0n) is 11.4. The number of hydrogen-bond acceptors (Lipinski definition) is 3. The number of nitrogens with zero attached hydrogens (tertiary/aromatic N) is 1. The molecule has 0 radical (unpaired) electrons. The van der Waals surface area contributed by atoms with E-state index in [4.69, 9.17) is 4.74 Å². The molecule has 4 nitrogen and oxygen atoms in total. The van der Waals surface area contributed by atoms with Crippen LogP contribution in [0, 0.1) is 10.1 Å². The van der Waals surface area contributed by atoms with Crippen molar-refractivity contribution in [2.24, 2.45) is 0 Å². The Morgan fingerprint density at radius 2 is 1.48 bits per heavy atom. The molecule has 0 atom stereocenters. The second-order valence-electron chi connectivity index (χ2n) is 4.62. The minimum atomic E-state index is -0.340. The Bertz CT molecular complexity index is 768. The Balaban J connectivity index is 2.44. The minimum Gasteiger partial charge on any atom is -0.495 e. The van der Waals surface area contributed by atoms with Crippen molar-refractivity contribution in [3.8, 4) is 28.0 Å². The van der Waals surface area contributed by atoms with Gasteiger partial charge in [0.05, 0.1) is 17.6 Å². The molecule has 0 N–H and O–H groups in total. The van der Waals surface area contributed by atoms with E-state index in [-0.39, 0.29) is 10.6 Å². The number of hydrogen-bond donors (Lipinski definition) is 0. The normalized spacial score (nSPS) is 10.5. The van der Waals surface area contributed by atoms with Gasteiger partial charge in [-0.05, 0) is 11.6 Å². The maximum Gasteiger partial charge on any atom is 0.288 e. The molecule has 0 amide bonds. The Morgan fingerprint density at radius 1 is 0.905 bits per heavy atom. The monoisotopic (exact) mass is 279 g/mol. The lowest BCUT2D eigenvalue weighted by Gasteiger charge is -2.03. The summed E-state index contributed by atoms with van der Waals surface area (Å²) in [5.41, 5.74) is 2.72. The Labute approximate surface area is 122 Å². The van der Waals surface area contributed by atoms with Gasteiger partial charge in [-0.25, -0.2) is 0 Å². The molecular weight excluding hydrogens is 266 g/mol. The molecule has 0 spiro atoms. The second kappa shape index (κ2) is 5.25. The number of fused-ring (bicyclic) bond motifs is 1. The van der Waals surface area contributed by atoms with Crippen LogP contribution in [0.3, 0.4) is 0 Å². The van der Waals surface area contributed by atoms with Gasteiger partial charge in [-0.1, -0.05) is 54.6 Å². The summed E-state index contributed by atoms with van der Waals surface area (Å²) in [5, 5.41) is 11.6. The molecule has 0 unspecified atom stereocenters. The highest BCUT2D eigenvalue weighted by Gasteiger charge is 2.32. The predicted molar refractivity (Wildman–Crippen MR) is 81.7 cm³/mol. The number of nitro groups is 1. The van der Waals surface area contributed by atoms with E-state index in [1.807, 2.05) is 48.5 Å². The van der Waals surface area contributed by atoms with Crippen molar-refractivity contribution in [1.29, 1.82) is 0 Å². The summed E-state index contributed by atoms with van der Waals surface area (Å²) in [4.78, 5) is 11.3. The molecule has 104 valence electrons. The van der Waals surface area contributed by atoms with Gasteiger partial charge in [0, 0.05) is 5.56 Å². The maximum atomic E-state index is 11.6. The first kappa shape index (κ1) is 13.1. The van der Waals surface area contributed by atoms with E-state index in [0.717, 1.165) is 11.1 Å². The van der Waals surface area contributed by atoms with E-state index in [1.54, 1.807) is 12.1 Å². The molecule has 21 heavy (non-hydrogen) atoms. The largest absolute Gasteiger partial charge is 0.495 e. The van der Waals surface area contributed by atoms with Gasteiger partial charge in [-0.3, -0.25) is 10.1 Å². The fraction of sp³-hybridized carbons (Fsp3) is 0.0588. The maximum absolute atomic E-state index is 11.6. The van der Waals surface area contributed by atoms with Crippen LogP contribution >= 0.6 is 0 Å². The average Bonchev–Trinajstić information content (AvgIpc) is 2.64. The lowest BCUT2D eigenvalue weighted by atomic mass is 10.1. The van der Waals surface area contributed by atoms with Gasteiger partial charge >= 0.3 is 0 Å². The van der Waals surface area contributed by atoms with Crippen LogP contribution in [0.15, 0.2) is 60.7 Å². The number of rotatable bonds is 3. The summed E-state index contributed by atoms with van der Waals surface area (Å²) in [6.45, 7) is 0. The molecule has 0 aromatic heterocycles. The van der Waals surface area contributed by atoms with E-state index in [1.165, 1.54) is 7.11 Å². The Morgan fingerprint density at radius 3 is 2.05 bits per heavy atom. The summed E-state index contributed by atoms with van der Waals surface area (Å²) in [6, 6.07) is 18.4. The van der Waals surface area contributed by atoms with Crippen LogP contribution < -0.4 is 4.74 Å². The van der Waals surface area contributed by atoms with Crippen molar-refractivity contribution < 1.29 is 9.66 Å². The summed E-state index contributed by atoms with van der Waals surface area (Å²) in [7, 11) is 1.54. The van der Waals surface area contributed by atoms with Crippen LogP contribution in [0.5, 0.6) is 5.75 Å². The van der Waals surface area contributed by atoms with Gasteiger partial charge in [0.15, 0.2) is 0 Å². The highest BCUT2D eigenvalue weighted by Crippen LogP contribution is 2.51. The van der Waals surface area contributed by atoms with Crippen LogP contribution in [-0.2, 0) is 0 Å². The first-order valence-corrected chi connectivity index (χ1v) is 6.52. The van der Waals surface area contributed by atoms with Crippen LogP contribution in [0.4, 0.5) is 5.69 Å².